The predicted octanol–water partition coefficient (Wildman–Crippen LogP) is 1.07. The zero-order valence-corrected chi connectivity index (χ0v) is 12.8. The Kier molecular flexibility index (Phi) is 7.12. The van der Waals surface area contributed by atoms with Crippen molar-refractivity contribution in [2.24, 2.45) is 11.8 Å². The lowest BCUT2D eigenvalue weighted by Crippen LogP contribution is -2.37. The summed E-state index contributed by atoms with van der Waals surface area (Å²) in [4.78, 5) is 0. The number of ether oxygens (including phenoxy) is 2. The van der Waals surface area contributed by atoms with Crippen molar-refractivity contribution in [3.05, 3.63) is 12.2 Å². The van der Waals surface area contributed by atoms with Crippen molar-refractivity contribution in [3.63, 3.8) is 0 Å². The summed E-state index contributed by atoms with van der Waals surface area (Å²) in [5, 5.41) is 29.0. The van der Waals surface area contributed by atoms with Crippen molar-refractivity contribution < 1.29 is 24.8 Å². The van der Waals surface area contributed by atoms with Crippen LogP contribution >= 0.6 is 0 Å². The van der Waals surface area contributed by atoms with Crippen molar-refractivity contribution >= 4 is 0 Å². The van der Waals surface area contributed by atoms with Gasteiger partial charge in [-0.25, -0.2) is 0 Å². The van der Waals surface area contributed by atoms with E-state index in [9.17, 15) is 10.2 Å². The van der Waals surface area contributed by atoms with Crippen LogP contribution in [0.4, 0.5) is 0 Å². The molecule has 0 aromatic heterocycles. The van der Waals surface area contributed by atoms with E-state index in [1.54, 1.807) is 6.92 Å². The Bertz CT molecular complexity index is 307. The molecule has 0 saturated carbocycles. The highest BCUT2D eigenvalue weighted by Gasteiger charge is 2.46. The normalized spacial score (nSPS) is 35.4. The van der Waals surface area contributed by atoms with E-state index in [1.807, 2.05) is 19.9 Å². The van der Waals surface area contributed by atoms with Crippen molar-refractivity contribution in [2.75, 3.05) is 6.61 Å². The number of aliphatic hydroxyl groups is 3. The fourth-order valence-electron chi connectivity index (χ4n) is 2.57. The highest BCUT2D eigenvalue weighted by molar-refractivity contribution is 4.90. The molecule has 0 amide bonds. The quantitative estimate of drug-likeness (QED) is 0.611. The standard InChI is InChI=1S/C15H28O5/c1-5-6-9(2)7-11(4)19-15-13(18)12(17)14(20-15)10(3)8-16/h5-6,9-18H,7-8H2,1-4H3/b6-5+. The molecule has 20 heavy (non-hydrogen) atoms. The van der Waals surface area contributed by atoms with Crippen LogP contribution < -0.4 is 0 Å². The zero-order chi connectivity index (χ0) is 15.3. The molecule has 1 aliphatic heterocycles. The first-order valence-electron chi connectivity index (χ1n) is 7.31. The molecule has 5 heteroatoms. The Hall–Kier alpha value is -0.460. The number of hydrogen-bond donors (Lipinski definition) is 3. The number of aliphatic hydroxyl groups excluding tert-OH is 3. The average Bonchev–Trinajstić information content (AvgIpc) is 2.66. The van der Waals surface area contributed by atoms with Crippen molar-refractivity contribution in [1.29, 1.82) is 0 Å². The monoisotopic (exact) mass is 288 g/mol. The molecule has 1 saturated heterocycles. The molecule has 1 heterocycles. The van der Waals surface area contributed by atoms with E-state index in [-0.39, 0.29) is 18.6 Å². The maximum Gasteiger partial charge on any atom is 0.186 e. The molecule has 5 nitrogen and oxygen atoms in total. The third kappa shape index (κ3) is 4.53. The smallest absolute Gasteiger partial charge is 0.186 e. The van der Waals surface area contributed by atoms with E-state index in [4.69, 9.17) is 14.6 Å². The van der Waals surface area contributed by atoms with Gasteiger partial charge in [0.25, 0.3) is 0 Å². The fourth-order valence-corrected chi connectivity index (χ4v) is 2.57. The van der Waals surface area contributed by atoms with E-state index in [2.05, 4.69) is 13.0 Å². The summed E-state index contributed by atoms with van der Waals surface area (Å²) in [6.45, 7) is 7.65. The van der Waals surface area contributed by atoms with Gasteiger partial charge in [-0.1, -0.05) is 26.0 Å². The Labute approximate surface area is 121 Å². The molecular formula is C15H28O5. The van der Waals surface area contributed by atoms with E-state index >= 15 is 0 Å². The molecule has 0 aromatic carbocycles. The van der Waals surface area contributed by atoms with Crippen molar-refractivity contribution in [2.45, 2.75) is 64.8 Å². The van der Waals surface area contributed by atoms with Crippen LogP contribution in [0.2, 0.25) is 0 Å². The van der Waals surface area contributed by atoms with Gasteiger partial charge in [-0.3, -0.25) is 0 Å². The first kappa shape index (κ1) is 17.6. The van der Waals surface area contributed by atoms with E-state index in [0.29, 0.717) is 5.92 Å². The maximum absolute atomic E-state index is 9.96. The van der Waals surface area contributed by atoms with E-state index < -0.39 is 24.6 Å². The average molecular weight is 288 g/mol. The van der Waals surface area contributed by atoms with Gasteiger partial charge in [0, 0.05) is 12.5 Å². The summed E-state index contributed by atoms with van der Waals surface area (Å²) in [5.74, 6) is 0.135. The van der Waals surface area contributed by atoms with Crippen molar-refractivity contribution in [1.82, 2.24) is 0 Å². The zero-order valence-electron chi connectivity index (χ0n) is 12.8. The van der Waals surface area contributed by atoms with Crippen molar-refractivity contribution in [3.8, 4) is 0 Å². The maximum atomic E-state index is 9.96. The Morgan fingerprint density at radius 2 is 1.85 bits per heavy atom. The van der Waals surface area contributed by atoms with E-state index in [0.717, 1.165) is 6.42 Å². The summed E-state index contributed by atoms with van der Waals surface area (Å²) in [6, 6.07) is 0. The third-order valence-electron chi connectivity index (χ3n) is 3.70. The lowest BCUT2D eigenvalue weighted by atomic mass is 9.99. The highest BCUT2D eigenvalue weighted by atomic mass is 16.7. The van der Waals surface area contributed by atoms with Gasteiger partial charge in [0.2, 0.25) is 0 Å². The minimum absolute atomic E-state index is 0.0868. The minimum atomic E-state index is -1.08. The van der Waals surface area contributed by atoms with Gasteiger partial charge < -0.3 is 24.8 Å². The molecule has 0 aliphatic carbocycles. The van der Waals surface area contributed by atoms with Crippen LogP contribution in [0.5, 0.6) is 0 Å². The van der Waals surface area contributed by atoms with Gasteiger partial charge in [0.1, 0.15) is 12.2 Å². The molecule has 118 valence electrons. The summed E-state index contributed by atoms with van der Waals surface area (Å²) in [6.07, 6.45) is 1.29. The second-order valence-corrected chi connectivity index (χ2v) is 5.80. The SMILES string of the molecule is C/C=C/C(C)CC(C)OC1OC(C(C)CO)C(O)C1O. The second-order valence-electron chi connectivity index (χ2n) is 5.80. The molecular weight excluding hydrogens is 260 g/mol. The molecule has 7 unspecified atom stereocenters. The molecule has 0 bridgehead atoms. The Balaban J connectivity index is 2.51. The van der Waals surface area contributed by atoms with Gasteiger partial charge in [-0.15, -0.1) is 0 Å². The highest BCUT2D eigenvalue weighted by Crippen LogP contribution is 2.28. The molecule has 7 atom stereocenters. The van der Waals surface area contributed by atoms with Crippen LogP contribution in [-0.4, -0.2) is 52.6 Å². The molecule has 1 aliphatic rings. The van der Waals surface area contributed by atoms with Crippen LogP contribution in [0.25, 0.3) is 0 Å². The number of rotatable bonds is 7. The van der Waals surface area contributed by atoms with E-state index in [1.165, 1.54) is 0 Å². The van der Waals surface area contributed by atoms with Gasteiger partial charge in [-0.2, -0.15) is 0 Å². The molecule has 0 aromatic rings. The summed E-state index contributed by atoms with van der Waals surface area (Å²) >= 11 is 0. The molecule has 0 spiro atoms. The van der Waals surface area contributed by atoms with Crippen LogP contribution in [0.3, 0.4) is 0 Å². The first-order valence-corrected chi connectivity index (χ1v) is 7.31. The lowest BCUT2D eigenvalue weighted by molar-refractivity contribution is -0.194. The Morgan fingerprint density at radius 1 is 1.20 bits per heavy atom. The third-order valence-corrected chi connectivity index (χ3v) is 3.70. The predicted molar refractivity (Wildman–Crippen MR) is 76.1 cm³/mol. The van der Waals surface area contributed by atoms with Gasteiger partial charge >= 0.3 is 0 Å². The Morgan fingerprint density at radius 3 is 2.40 bits per heavy atom. The lowest BCUT2D eigenvalue weighted by Gasteiger charge is -2.22. The van der Waals surface area contributed by atoms with Crippen LogP contribution in [0.15, 0.2) is 12.2 Å². The van der Waals surface area contributed by atoms with Gasteiger partial charge in [0.15, 0.2) is 6.29 Å². The fraction of sp³-hybridized carbons (Fsp3) is 0.867. The second kappa shape index (κ2) is 8.10. The molecule has 3 N–H and O–H groups in total. The van der Waals surface area contributed by atoms with Gasteiger partial charge in [0.05, 0.1) is 12.2 Å². The topological polar surface area (TPSA) is 79.2 Å². The summed E-state index contributed by atoms with van der Waals surface area (Å²) in [5.41, 5.74) is 0. The summed E-state index contributed by atoms with van der Waals surface area (Å²) < 4.78 is 11.2. The molecule has 0 radical (unpaired) electrons. The van der Waals surface area contributed by atoms with Gasteiger partial charge in [-0.05, 0) is 26.2 Å². The minimum Gasteiger partial charge on any atom is -0.396 e. The largest absolute Gasteiger partial charge is 0.396 e. The van der Waals surface area contributed by atoms with Crippen LogP contribution in [-0.2, 0) is 9.47 Å². The summed E-state index contributed by atoms with van der Waals surface area (Å²) in [7, 11) is 0. The number of allylic oxidation sites excluding steroid dienone is 2. The first-order chi connectivity index (χ1) is 9.40. The van der Waals surface area contributed by atoms with Crippen LogP contribution in [0, 0.1) is 11.8 Å². The molecule has 1 rings (SSSR count). The number of hydrogen-bond acceptors (Lipinski definition) is 5. The van der Waals surface area contributed by atoms with Crippen LogP contribution in [0.1, 0.15) is 34.1 Å². The molecule has 1 fully saturated rings.